The molecule has 0 saturated heterocycles. The van der Waals surface area contributed by atoms with Crippen molar-refractivity contribution in [2.24, 2.45) is 5.92 Å². The number of carbonyl (C=O) groups is 1. The molecule has 3 N–H and O–H groups in total. The number of carboxylic acids is 1. The van der Waals surface area contributed by atoms with Crippen LogP contribution in [0.3, 0.4) is 0 Å². The third-order valence-electron chi connectivity index (χ3n) is 2.58. The molecule has 2 atom stereocenters. The van der Waals surface area contributed by atoms with E-state index in [1.807, 2.05) is 0 Å². The van der Waals surface area contributed by atoms with Crippen molar-refractivity contribution >= 4 is 5.97 Å². The Balaban J connectivity index is 2.05. The van der Waals surface area contributed by atoms with Crippen LogP contribution in [-0.2, 0) is 4.79 Å². The molecule has 4 nitrogen and oxygen atoms in total. The van der Waals surface area contributed by atoms with Gasteiger partial charge in [0.2, 0.25) is 0 Å². The summed E-state index contributed by atoms with van der Waals surface area (Å²) in [5, 5.41) is 20.4. The average molecular weight is 187 g/mol. The summed E-state index contributed by atoms with van der Waals surface area (Å²) in [5.41, 5.74) is 0. The van der Waals surface area contributed by atoms with Crippen molar-refractivity contribution in [3.8, 4) is 0 Å². The van der Waals surface area contributed by atoms with E-state index in [1.165, 1.54) is 0 Å². The van der Waals surface area contributed by atoms with Gasteiger partial charge in [0, 0.05) is 12.6 Å². The van der Waals surface area contributed by atoms with E-state index in [0.717, 1.165) is 32.2 Å². The number of aliphatic hydroxyl groups is 1. The van der Waals surface area contributed by atoms with E-state index in [4.69, 9.17) is 10.2 Å². The third kappa shape index (κ3) is 2.97. The highest BCUT2D eigenvalue weighted by Gasteiger charge is 2.35. The highest BCUT2D eigenvalue weighted by Crippen LogP contribution is 2.27. The Morgan fingerprint density at radius 3 is 2.62 bits per heavy atom. The van der Waals surface area contributed by atoms with Gasteiger partial charge in [-0.15, -0.1) is 0 Å². The lowest BCUT2D eigenvalue weighted by Crippen LogP contribution is -2.47. The summed E-state index contributed by atoms with van der Waals surface area (Å²) >= 11 is 0. The van der Waals surface area contributed by atoms with Crippen molar-refractivity contribution in [1.82, 2.24) is 5.32 Å². The maximum Gasteiger partial charge on any atom is 0.308 e. The number of aliphatic hydroxyl groups excluding tert-OH is 1. The molecule has 0 radical (unpaired) electrons. The molecule has 4 heteroatoms. The molecule has 0 spiro atoms. The molecule has 0 aromatic heterocycles. The molecule has 0 bridgehead atoms. The summed E-state index contributed by atoms with van der Waals surface area (Å²) in [5.74, 6) is -0.875. The third-order valence-corrected chi connectivity index (χ3v) is 2.58. The first kappa shape index (κ1) is 10.5. The van der Waals surface area contributed by atoms with Gasteiger partial charge in [0.25, 0.3) is 0 Å². The molecular formula is C9H17NO3. The molecule has 0 amide bonds. The lowest BCUT2D eigenvalue weighted by molar-refractivity contribution is -0.146. The predicted molar refractivity (Wildman–Crippen MR) is 48.5 cm³/mol. The zero-order chi connectivity index (χ0) is 9.68. The smallest absolute Gasteiger partial charge is 0.308 e. The topological polar surface area (TPSA) is 69.6 Å². The van der Waals surface area contributed by atoms with Crippen molar-refractivity contribution in [3.63, 3.8) is 0 Å². The van der Waals surface area contributed by atoms with E-state index >= 15 is 0 Å². The summed E-state index contributed by atoms with van der Waals surface area (Å²) in [6.07, 6.45) is 3.47. The zero-order valence-corrected chi connectivity index (χ0v) is 7.70. The van der Waals surface area contributed by atoms with E-state index in [2.05, 4.69) is 5.32 Å². The van der Waals surface area contributed by atoms with E-state index in [1.54, 1.807) is 0 Å². The van der Waals surface area contributed by atoms with E-state index in [9.17, 15) is 4.79 Å². The number of hydrogen-bond donors (Lipinski definition) is 3. The second kappa shape index (κ2) is 5.19. The largest absolute Gasteiger partial charge is 0.481 e. The molecule has 0 aliphatic heterocycles. The fourth-order valence-corrected chi connectivity index (χ4v) is 1.56. The standard InChI is InChI=1S/C9H17NO3/c11-6-2-1-5-10-8-4-3-7(8)9(12)13/h7-8,10-11H,1-6H2,(H,12,13). The molecule has 0 heterocycles. The fourth-order valence-electron chi connectivity index (χ4n) is 1.56. The Morgan fingerprint density at radius 1 is 1.38 bits per heavy atom. The maximum absolute atomic E-state index is 10.6. The minimum absolute atomic E-state index is 0.163. The Morgan fingerprint density at radius 2 is 2.15 bits per heavy atom. The van der Waals surface area contributed by atoms with Crippen LogP contribution in [-0.4, -0.2) is 35.4 Å². The van der Waals surface area contributed by atoms with Gasteiger partial charge in [-0.1, -0.05) is 0 Å². The van der Waals surface area contributed by atoms with Gasteiger partial charge >= 0.3 is 5.97 Å². The van der Waals surface area contributed by atoms with Gasteiger partial charge in [0.05, 0.1) is 5.92 Å². The van der Waals surface area contributed by atoms with Crippen molar-refractivity contribution in [2.75, 3.05) is 13.2 Å². The maximum atomic E-state index is 10.6. The van der Waals surface area contributed by atoms with Gasteiger partial charge in [0.15, 0.2) is 0 Å². The average Bonchev–Trinajstić information content (AvgIpc) is 2.01. The Bertz CT molecular complexity index is 172. The second-order valence-electron chi connectivity index (χ2n) is 3.51. The first-order valence-corrected chi connectivity index (χ1v) is 4.82. The molecule has 1 fully saturated rings. The summed E-state index contributed by atoms with van der Waals surface area (Å²) in [6, 6.07) is 0.163. The quantitative estimate of drug-likeness (QED) is 0.520. The molecule has 0 aromatic rings. The Labute approximate surface area is 78.0 Å². The van der Waals surface area contributed by atoms with Crippen LogP contribution in [0.2, 0.25) is 0 Å². The molecular weight excluding hydrogens is 170 g/mol. The van der Waals surface area contributed by atoms with Crippen LogP contribution in [0.4, 0.5) is 0 Å². The summed E-state index contributed by atoms with van der Waals surface area (Å²) in [4.78, 5) is 10.6. The first-order valence-electron chi connectivity index (χ1n) is 4.82. The Kier molecular flexibility index (Phi) is 4.18. The number of carboxylic acid groups (broad SMARTS) is 1. The van der Waals surface area contributed by atoms with Gasteiger partial charge in [-0.3, -0.25) is 4.79 Å². The molecule has 1 saturated carbocycles. The molecule has 2 unspecified atom stereocenters. The lowest BCUT2D eigenvalue weighted by Gasteiger charge is -2.34. The van der Waals surface area contributed by atoms with Crippen LogP contribution >= 0.6 is 0 Å². The fraction of sp³-hybridized carbons (Fsp3) is 0.889. The molecule has 1 aliphatic carbocycles. The van der Waals surface area contributed by atoms with Gasteiger partial charge in [-0.2, -0.15) is 0 Å². The van der Waals surface area contributed by atoms with Crippen LogP contribution in [0.15, 0.2) is 0 Å². The van der Waals surface area contributed by atoms with E-state index in [0.29, 0.717) is 0 Å². The summed E-state index contributed by atoms with van der Waals surface area (Å²) in [6.45, 7) is 1.03. The highest BCUT2D eigenvalue weighted by atomic mass is 16.4. The second-order valence-corrected chi connectivity index (χ2v) is 3.51. The predicted octanol–water partition coefficient (Wildman–Crippen LogP) is 0.212. The zero-order valence-electron chi connectivity index (χ0n) is 7.70. The van der Waals surface area contributed by atoms with Crippen LogP contribution in [0.1, 0.15) is 25.7 Å². The van der Waals surface area contributed by atoms with Crippen molar-refractivity contribution in [3.05, 3.63) is 0 Å². The van der Waals surface area contributed by atoms with Gasteiger partial charge in [-0.05, 0) is 32.2 Å². The first-order chi connectivity index (χ1) is 6.25. The van der Waals surface area contributed by atoms with E-state index in [-0.39, 0.29) is 18.6 Å². The van der Waals surface area contributed by atoms with Crippen LogP contribution in [0.25, 0.3) is 0 Å². The summed E-state index contributed by atoms with van der Waals surface area (Å²) < 4.78 is 0. The normalized spacial score (nSPS) is 26.8. The number of unbranched alkanes of at least 4 members (excludes halogenated alkanes) is 1. The molecule has 1 rings (SSSR count). The SMILES string of the molecule is O=C(O)C1CCC1NCCCCO. The van der Waals surface area contributed by atoms with E-state index < -0.39 is 5.97 Å². The van der Waals surface area contributed by atoms with Crippen molar-refractivity contribution < 1.29 is 15.0 Å². The number of nitrogens with one attached hydrogen (secondary N) is 1. The summed E-state index contributed by atoms with van der Waals surface area (Å²) in [7, 11) is 0. The minimum Gasteiger partial charge on any atom is -0.481 e. The molecule has 13 heavy (non-hydrogen) atoms. The van der Waals surface area contributed by atoms with Crippen molar-refractivity contribution in [1.29, 1.82) is 0 Å². The number of hydrogen-bond acceptors (Lipinski definition) is 3. The van der Waals surface area contributed by atoms with Crippen molar-refractivity contribution in [2.45, 2.75) is 31.7 Å². The minimum atomic E-state index is -0.689. The lowest BCUT2D eigenvalue weighted by atomic mass is 9.79. The number of aliphatic carboxylic acids is 1. The van der Waals surface area contributed by atoms with Gasteiger partial charge in [-0.25, -0.2) is 0 Å². The molecule has 76 valence electrons. The molecule has 1 aliphatic rings. The Hall–Kier alpha value is -0.610. The monoisotopic (exact) mass is 187 g/mol. The van der Waals surface area contributed by atoms with Crippen LogP contribution in [0, 0.1) is 5.92 Å². The molecule has 0 aromatic carbocycles. The van der Waals surface area contributed by atoms with Crippen LogP contribution < -0.4 is 5.32 Å². The van der Waals surface area contributed by atoms with Gasteiger partial charge < -0.3 is 15.5 Å². The van der Waals surface area contributed by atoms with Gasteiger partial charge in [0.1, 0.15) is 0 Å². The number of rotatable bonds is 6. The van der Waals surface area contributed by atoms with Crippen LogP contribution in [0.5, 0.6) is 0 Å². The highest BCUT2D eigenvalue weighted by molar-refractivity contribution is 5.72.